The van der Waals surface area contributed by atoms with E-state index in [0.29, 0.717) is 5.17 Å². The van der Waals surface area contributed by atoms with Crippen molar-refractivity contribution in [3.63, 3.8) is 0 Å². The van der Waals surface area contributed by atoms with E-state index in [2.05, 4.69) is 11.1 Å². The maximum absolute atomic E-state index is 8.22. The number of hydrogen-bond donors (Lipinski definition) is 3. The van der Waals surface area contributed by atoms with Crippen LogP contribution in [0.3, 0.4) is 0 Å². The molecule has 0 fully saturated rings. The van der Waals surface area contributed by atoms with Gasteiger partial charge in [-0.1, -0.05) is 30.6 Å². The molecule has 0 amide bonds. The maximum Gasteiger partial charge on any atom is 0.148 e. The number of halogens is 2. The Morgan fingerprint density at radius 3 is 1.83 bits per heavy atom. The zero-order chi connectivity index (χ0) is 9.28. The molecule has 0 aliphatic heterocycles. The second-order valence-electron chi connectivity index (χ2n) is 1.94. The lowest BCUT2D eigenvalue weighted by molar-refractivity contribution is 0.311. The first-order valence-electron chi connectivity index (χ1n) is 3.39. The number of nitrogens with two attached hydrogens (primary N) is 1. The van der Waals surface area contributed by atoms with Gasteiger partial charge in [0.1, 0.15) is 5.17 Å². The van der Waals surface area contributed by atoms with Gasteiger partial charge in [-0.15, -0.1) is 12.4 Å². The minimum absolute atomic E-state index is 0. The highest BCUT2D eigenvalue weighted by Gasteiger charge is 2.08. The van der Waals surface area contributed by atoms with E-state index >= 15 is 0 Å². The first-order valence-corrected chi connectivity index (χ1v) is 3.77. The molecule has 0 saturated heterocycles. The molecule has 0 aliphatic carbocycles. The molecule has 0 unspecified atom stereocenters. The van der Waals surface area contributed by atoms with Crippen LogP contribution in [-0.4, -0.2) is 15.6 Å². The van der Waals surface area contributed by atoms with Gasteiger partial charge in [-0.3, -0.25) is 0 Å². The van der Waals surface area contributed by atoms with Crippen LogP contribution < -0.4 is 5.90 Å². The first-order chi connectivity index (χ1) is 5.26. The summed E-state index contributed by atoms with van der Waals surface area (Å²) in [6.07, 6.45) is 1.86. The van der Waals surface area contributed by atoms with Crippen molar-refractivity contribution in [1.82, 2.24) is 0 Å². The summed E-state index contributed by atoms with van der Waals surface area (Å²) in [5.74, 6) is 3.73. The third-order valence-corrected chi connectivity index (χ3v) is 1.80. The molecule has 0 aromatic rings. The third kappa shape index (κ3) is 8.07. The SMILES string of the molecule is CCC(CC)C(Cl)=NO.Cl.NO. The summed E-state index contributed by atoms with van der Waals surface area (Å²) in [4.78, 5) is 0. The standard InChI is InChI=1S/C6H12ClNO.ClH.H3NO/c1-3-5(4-2)6(7)8-9;;1-2/h5,9H,3-4H2,1-2H3;1H;2H,1H2. The van der Waals surface area contributed by atoms with Crippen LogP contribution in [0.2, 0.25) is 0 Å². The first kappa shape index (κ1) is 17.9. The smallest absolute Gasteiger partial charge is 0.148 e. The van der Waals surface area contributed by atoms with Crippen LogP contribution in [0.4, 0.5) is 0 Å². The van der Waals surface area contributed by atoms with Crippen LogP contribution >= 0.6 is 24.0 Å². The lowest BCUT2D eigenvalue weighted by Gasteiger charge is -2.06. The molecule has 76 valence electrons. The molecule has 0 bridgehead atoms. The molecule has 0 rings (SSSR count). The molecule has 0 atom stereocenters. The summed E-state index contributed by atoms with van der Waals surface area (Å²) >= 11 is 5.53. The molecule has 0 aromatic carbocycles. The van der Waals surface area contributed by atoms with Gasteiger partial charge in [0, 0.05) is 5.92 Å². The molecule has 0 radical (unpaired) electrons. The van der Waals surface area contributed by atoms with Crippen molar-refractivity contribution in [3.8, 4) is 0 Å². The van der Waals surface area contributed by atoms with Crippen LogP contribution in [0.1, 0.15) is 26.7 Å². The topological polar surface area (TPSA) is 78.8 Å². The van der Waals surface area contributed by atoms with Gasteiger partial charge in [0.2, 0.25) is 0 Å². The lowest BCUT2D eigenvalue weighted by Crippen LogP contribution is -2.05. The molecule has 4 N–H and O–H groups in total. The molecule has 0 spiro atoms. The monoisotopic (exact) mass is 218 g/mol. The minimum atomic E-state index is 0. The number of nitrogens with zero attached hydrogens (tertiary/aromatic N) is 1. The Balaban J connectivity index is -0.000000249. The summed E-state index contributed by atoms with van der Waals surface area (Å²) in [6.45, 7) is 4.03. The normalized spacial score (nSPS) is 10.0. The summed E-state index contributed by atoms with van der Waals surface area (Å²) in [5.41, 5.74) is 0. The van der Waals surface area contributed by atoms with E-state index in [1.165, 1.54) is 0 Å². The van der Waals surface area contributed by atoms with Gasteiger partial charge < -0.3 is 10.4 Å². The van der Waals surface area contributed by atoms with Gasteiger partial charge in [0.15, 0.2) is 0 Å². The molecule has 12 heavy (non-hydrogen) atoms. The largest absolute Gasteiger partial charge is 0.410 e. The van der Waals surface area contributed by atoms with Gasteiger partial charge >= 0.3 is 0 Å². The second kappa shape index (κ2) is 13.6. The average molecular weight is 219 g/mol. The molecule has 0 saturated carbocycles. The van der Waals surface area contributed by atoms with Crippen molar-refractivity contribution in [2.24, 2.45) is 17.0 Å². The van der Waals surface area contributed by atoms with E-state index in [1.807, 2.05) is 13.8 Å². The Kier molecular flexibility index (Phi) is 20.2. The fourth-order valence-electron chi connectivity index (χ4n) is 0.707. The second-order valence-corrected chi connectivity index (χ2v) is 2.32. The van der Waals surface area contributed by atoms with Crippen LogP contribution in [-0.2, 0) is 0 Å². The highest BCUT2D eigenvalue weighted by Crippen LogP contribution is 2.11. The third-order valence-electron chi connectivity index (χ3n) is 1.42. The predicted octanol–water partition coefficient (Wildman–Crippen LogP) is 2.21. The van der Waals surface area contributed by atoms with E-state index in [0.717, 1.165) is 12.8 Å². The highest BCUT2D eigenvalue weighted by atomic mass is 35.5. The fraction of sp³-hybridized carbons (Fsp3) is 0.833. The average Bonchev–Trinajstić information content (AvgIpc) is 2.10. The Morgan fingerprint density at radius 1 is 1.42 bits per heavy atom. The van der Waals surface area contributed by atoms with E-state index in [4.69, 9.17) is 22.0 Å². The molecule has 0 aromatic heterocycles. The fourth-order valence-corrected chi connectivity index (χ4v) is 1.02. The van der Waals surface area contributed by atoms with Crippen molar-refractivity contribution in [2.75, 3.05) is 0 Å². The Hall–Kier alpha value is -0.0300. The summed E-state index contributed by atoms with van der Waals surface area (Å²) in [5, 5.41) is 18.0. The van der Waals surface area contributed by atoms with E-state index in [1.54, 1.807) is 0 Å². The summed E-state index contributed by atoms with van der Waals surface area (Å²) < 4.78 is 0. The number of oxime groups is 1. The predicted molar refractivity (Wildman–Crippen MR) is 52.4 cm³/mol. The van der Waals surface area contributed by atoms with E-state index in [-0.39, 0.29) is 18.3 Å². The zero-order valence-electron chi connectivity index (χ0n) is 7.20. The van der Waals surface area contributed by atoms with Crippen molar-refractivity contribution >= 4 is 29.2 Å². The van der Waals surface area contributed by atoms with Crippen molar-refractivity contribution in [3.05, 3.63) is 0 Å². The number of rotatable bonds is 3. The maximum atomic E-state index is 8.22. The van der Waals surface area contributed by atoms with E-state index in [9.17, 15) is 0 Å². The Labute approximate surface area is 83.8 Å². The van der Waals surface area contributed by atoms with Crippen molar-refractivity contribution < 1.29 is 10.4 Å². The molecule has 0 aliphatic rings. The Morgan fingerprint density at radius 2 is 1.75 bits per heavy atom. The minimum Gasteiger partial charge on any atom is -0.410 e. The summed E-state index contributed by atoms with van der Waals surface area (Å²) in [7, 11) is 0. The molecule has 4 nitrogen and oxygen atoms in total. The van der Waals surface area contributed by atoms with Crippen molar-refractivity contribution in [2.45, 2.75) is 26.7 Å². The highest BCUT2D eigenvalue weighted by molar-refractivity contribution is 6.65. The van der Waals surface area contributed by atoms with Crippen LogP contribution in [0, 0.1) is 5.92 Å². The van der Waals surface area contributed by atoms with Gasteiger partial charge in [-0.2, -0.15) is 0 Å². The molecule has 6 heteroatoms. The number of hydrogen-bond acceptors (Lipinski definition) is 4. The quantitative estimate of drug-likeness (QED) is 0.386. The van der Waals surface area contributed by atoms with Crippen LogP contribution in [0.15, 0.2) is 5.16 Å². The van der Waals surface area contributed by atoms with Gasteiger partial charge in [0.25, 0.3) is 0 Å². The Bertz CT molecular complexity index is 108. The van der Waals surface area contributed by atoms with Crippen molar-refractivity contribution in [1.29, 1.82) is 0 Å². The molecular weight excluding hydrogens is 203 g/mol. The van der Waals surface area contributed by atoms with Crippen LogP contribution in [0.5, 0.6) is 0 Å². The molecule has 0 heterocycles. The van der Waals surface area contributed by atoms with Crippen LogP contribution in [0.25, 0.3) is 0 Å². The van der Waals surface area contributed by atoms with Gasteiger partial charge in [-0.25, -0.2) is 5.90 Å². The summed E-state index contributed by atoms with van der Waals surface area (Å²) in [6, 6.07) is 0. The zero-order valence-corrected chi connectivity index (χ0v) is 8.77. The lowest BCUT2D eigenvalue weighted by atomic mass is 10.1. The van der Waals surface area contributed by atoms with Gasteiger partial charge in [0.05, 0.1) is 0 Å². The van der Waals surface area contributed by atoms with E-state index < -0.39 is 0 Å². The van der Waals surface area contributed by atoms with Gasteiger partial charge in [-0.05, 0) is 12.8 Å². The molecular formula is C6H16Cl2N2O2.